The van der Waals surface area contributed by atoms with Gasteiger partial charge >= 0.3 is 6.18 Å². The van der Waals surface area contributed by atoms with Gasteiger partial charge in [0, 0.05) is 12.2 Å². The van der Waals surface area contributed by atoms with Crippen LogP contribution < -0.4 is 11.1 Å². The number of rotatable bonds is 3. The molecule has 0 unspecified atom stereocenters. The maximum Gasteiger partial charge on any atom is 0.416 e. The second-order valence-corrected chi connectivity index (χ2v) is 4.77. The Kier molecular flexibility index (Phi) is 4.80. The molecule has 3 nitrogen and oxygen atoms in total. The summed E-state index contributed by atoms with van der Waals surface area (Å²) in [4.78, 5) is 4.05. The van der Waals surface area contributed by atoms with Crippen LogP contribution in [0.4, 0.5) is 18.9 Å². The Balaban J connectivity index is 2.92. The molecular formula is C13H18F3N3. The summed E-state index contributed by atoms with van der Waals surface area (Å²) in [6.07, 6.45) is -4.37. The number of halogens is 3. The third-order valence-corrected chi connectivity index (χ3v) is 2.45. The fourth-order valence-corrected chi connectivity index (χ4v) is 1.39. The molecule has 0 fully saturated rings. The van der Waals surface area contributed by atoms with Gasteiger partial charge in [0.25, 0.3) is 0 Å². The van der Waals surface area contributed by atoms with Crippen LogP contribution >= 0.6 is 0 Å². The van der Waals surface area contributed by atoms with E-state index in [9.17, 15) is 13.2 Å². The number of aliphatic imine (C=N–C) groups is 1. The van der Waals surface area contributed by atoms with E-state index in [1.54, 1.807) is 6.92 Å². The van der Waals surface area contributed by atoms with Crippen molar-refractivity contribution in [3.05, 3.63) is 29.3 Å². The van der Waals surface area contributed by atoms with E-state index >= 15 is 0 Å². The minimum absolute atomic E-state index is 0.121. The molecule has 1 rings (SSSR count). The number of nitrogens with two attached hydrogens (primary N) is 1. The first kappa shape index (κ1) is 15.3. The molecule has 106 valence electrons. The average molecular weight is 273 g/mol. The third-order valence-electron chi connectivity index (χ3n) is 2.45. The van der Waals surface area contributed by atoms with Crippen molar-refractivity contribution in [2.75, 3.05) is 11.9 Å². The number of nitrogens with zero attached hydrogens (tertiary/aromatic N) is 1. The zero-order valence-corrected chi connectivity index (χ0v) is 11.2. The Labute approximate surface area is 110 Å². The standard InChI is InChI=1S/C13H18F3N3/c1-8(2)7-18-12(17)19-11-6-10(13(14,15)16)5-4-9(11)3/h4-6,8H,7H2,1-3H3,(H3,17,18,19). The first-order chi connectivity index (χ1) is 8.70. The van der Waals surface area contributed by atoms with Crippen molar-refractivity contribution in [2.24, 2.45) is 16.6 Å². The number of nitrogens with one attached hydrogen (secondary N) is 1. The van der Waals surface area contributed by atoms with E-state index in [4.69, 9.17) is 5.73 Å². The van der Waals surface area contributed by atoms with Crippen molar-refractivity contribution in [1.82, 2.24) is 0 Å². The highest BCUT2D eigenvalue weighted by Gasteiger charge is 2.30. The summed E-state index contributed by atoms with van der Waals surface area (Å²) >= 11 is 0. The number of aryl methyl sites for hydroxylation is 1. The molecule has 0 aliphatic carbocycles. The molecule has 0 saturated heterocycles. The monoisotopic (exact) mass is 273 g/mol. The van der Waals surface area contributed by atoms with Gasteiger partial charge in [0.1, 0.15) is 0 Å². The normalized spacial score (nSPS) is 12.9. The number of hydrogen-bond donors (Lipinski definition) is 2. The highest BCUT2D eigenvalue weighted by Crippen LogP contribution is 2.31. The van der Waals surface area contributed by atoms with Gasteiger partial charge in [0.15, 0.2) is 5.96 Å². The summed E-state index contributed by atoms with van der Waals surface area (Å²) < 4.78 is 37.8. The zero-order chi connectivity index (χ0) is 14.6. The minimum atomic E-state index is -4.37. The Morgan fingerprint density at radius 3 is 2.53 bits per heavy atom. The molecule has 0 amide bonds. The van der Waals surface area contributed by atoms with Crippen molar-refractivity contribution >= 4 is 11.6 Å². The van der Waals surface area contributed by atoms with Gasteiger partial charge in [-0.05, 0) is 30.5 Å². The van der Waals surface area contributed by atoms with Crippen LogP contribution in [0.5, 0.6) is 0 Å². The molecule has 0 spiro atoms. The van der Waals surface area contributed by atoms with Gasteiger partial charge < -0.3 is 11.1 Å². The lowest BCUT2D eigenvalue weighted by Gasteiger charge is -2.13. The number of guanidine groups is 1. The van der Waals surface area contributed by atoms with Crippen molar-refractivity contribution < 1.29 is 13.2 Å². The van der Waals surface area contributed by atoms with Gasteiger partial charge in [-0.1, -0.05) is 19.9 Å². The highest BCUT2D eigenvalue weighted by molar-refractivity contribution is 5.93. The van der Waals surface area contributed by atoms with E-state index in [1.807, 2.05) is 13.8 Å². The molecule has 1 aromatic carbocycles. The molecule has 1 aromatic rings. The Bertz CT molecular complexity index is 465. The van der Waals surface area contributed by atoms with Crippen LogP contribution in [0, 0.1) is 12.8 Å². The fraction of sp³-hybridized carbons (Fsp3) is 0.462. The van der Waals surface area contributed by atoms with Crippen molar-refractivity contribution in [1.29, 1.82) is 0 Å². The molecule has 0 bridgehead atoms. The summed E-state index contributed by atoms with van der Waals surface area (Å²) in [5, 5.41) is 2.71. The SMILES string of the molecule is Cc1ccc(C(F)(F)F)cc1NC(N)=NCC(C)C. The molecule has 6 heteroatoms. The van der Waals surface area contributed by atoms with Gasteiger partial charge in [0.2, 0.25) is 0 Å². The second kappa shape index (κ2) is 5.95. The molecule has 3 N–H and O–H groups in total. The van der Waals surface area contributed by atoms with Gasteiger partial charge in [-0.3, -0.25) is 4.99 Å². The van der Waals surface area contributed by atoms with Gasteiger partial charge in [-0.25, -0.2) is 0 Å². The summed E-state index contributed by atoms with van der Waals surface area (Å²) in [6, 6.07) is 3.48. The maximum absolute atomic E-state index is 12.6. The van der Waals surface area contributed by atoms with Crippen molar-refractivity contribution in [3.63, 3.8) is 0 Å². The Hall–Kier alpha value is -1.72. The Morgan fingerprint density at radius 2 is 2.00 bits per heavy atom. The van der Waals surface area contributed by atoms with E-state index in [-0.39, 0.29) is 5.96 Å². The van der Waals surface area contributed by atoms with E-state index in [0.29, 0.717) is 23.7 Å². The largest absolute Gasteiger partial charge is 0.416 e. The topological polar surface area (TPSA) is 50.4 Å². The van der Waals surface area contributed by atoms with Crippen LogP contribution in [-0.4, -0.2) is 12.5 Å². The van der Waals surface area contributed by atoms with E-state index in [0.717, 1.165) is 12.1 Å². The predicted molar refractivity (Wildman–Crippen MR) is 71.1 cm³/mol. The molecule has 0 atom stereocenters. The number of anilines is 1. The van der Waals surface area contributed by atoms with Gasteiger partial charge in [0.05, 0.1) is 5.56 Å². The maximum atomic E-state index is 12.6. The number of hydrogen-bond acceptors (Lipinski definition) is 1. The molecular weight excluding hydrogens is 255 g/mol. The lowest BCUT2D eigenvalue weighted by molar-refractivity contribution is -0.137. The van der Waals surface area contributed by atoms with Crippen molar-refractivity contribution in [2.45, 2.75) is 26.9 Å². The van der Waals surface area contributed by atoms with Crippen LogP contribution in [0.25, 0.3) is 0 Å². The molecule has 0 aliphatic heterocycles. The van der Waals surface area contributed by atoms with Crippen LogP contribution in [-0.2, 0) is 6.18 Å². The number of alkyl halides is 3. The lowest BCUT2D eigenvalue weighted by atomic mass is 10.1. The van der Waals surface area contributed by atoms with Crippen LogP contribution in [0.2, 0.25) is 0 Å². The van der Waals surface area contributed by atoms with Crippen molar-refractivity contribution in [3.8, 4) is 0 Å². The fourth-order valence-electron chi connectivity index (χ4n) is 1.39. The second-order valence-electron chi connectivity index (χ2n) is 4.77. The molecule has 19 heavy (non-hydrogen) atoms. The van der Waals surface area contributed by atoms with Crippen LogP contribution in [0.1, 0.15) is 25.0 Å². The third kappa shape index (κ3) is 4.81. The van der Waals surface area contributed by atoms with Gasteiger partial charge in [-0.15, -0.1) is 0 Å². The van der Waals surface area contributed by atoms with E-state index < -0.39 is 11.7 Å². The first-order valence-corrected chi connectivity index (χ1v) is 5.95. The molecule has 0 aromatic heterocycles. The zero-order valence-electron chi connectivity index (χ0n) is 11.2. The van der Waals surface area contributed by atoms with Crippen LogP contribution in [0.15, 0.2) is 23.2 Å². The molecule has 0 saturated carbocycles. The summed E-state index contributed by atoms with van der Waals surface area (Å²) in [6.45, 7) is 6.19. The summed E-state index contributed by atoms with van der Waals surface area (Å²) in [5.74, 6) is 0.457. The first-order valence-electron chi connectivity index (χ1n) is 5.95. The minimum Gasteiger partial charge on any atom is -0.370 e. The average Bonchev–Trinajstić information content (AvgIpc) is 2.28. The molecule has 0 radical (unpaired) electrons. The van der Waals surface area contributed by atoms with Gasteiger partial charge in [-0.2, -0.15) is 13.2 Å². The predicted octanol–water partition coefficient (Wildman–Crippen LogP) is 3.40. The quantitative estimate of drug-likeness (QED) is 0.655. The van der Waals surface area contributed by atoms with Crippen LogP contribution in [0.3, 0.4) is 0 Å². The Morgan fingerprint density at radius 1 is 1.37 bits per heavy atom. The summed E-state index contributed by atoms with van der Waals surface area (Å²) in [7, 11) is 0. The molecule has 0 heterocycles. The number of benzene rings is 1. The lowest BCUT2D eigenvalue weighted by Crippen LogP contribution is -2.24. The molecule has 0 aliphatic rings. The highest BCUT2D eigenvalue weighted by atomic mass is 19.4. The van der Waals surface area contributed by atoms with E-state index in [2.05, 4.69) is 10.3 Å². The smallest absolute Gasteiger partial charge is 0.370 e. The van der Waals surface area contributed by atoms with E-state index in [1.165, 1.54) is 6.07 Å². The summed E-state index contributed by atoms with van der Waals surface area (Å²) in [5.41, 5.74) is 5.92.